The van der Waals surface area contributed by atoms with E-state index in [2.05, 4.69) is 26.0 Å². The molecule has 0 unspecified atom stereocenters. The van der Waals surface area contributed by atoms with E-state index in [1.165, 1.54) is 96.3 Å². The third kappa shape index (κ3) is 17.7. The van der Waals surface area contributed by atoms with E-state index in [4.69, 9.17) is 0 Å². The summed E-state index contributed by atoms with van der Waals surface area (Å²) in [7, 11) is 0. The largest absolute Gasteiger partial charge is 0.0885 e. The molecule has 0 aliphatic carbocycles. The average molecular weight is 267 g/mol. The third-order valence-electron chi connectivity index (χ3n) is 3.87. The van der Waals surface area contributed by atoms with Crippen molar-refractivity contribution in [3.8, 4) is 0 Å². The summed E-state index contributed by atoms with van der Waals surface area (Å²) in [6, 6.07) is 0. The molecule has 114 valence electrons. The highest BCUT2D eigenvalue weighted by atomic mass is 14.0. The molecule has 0 aliphatic heterocycles. The van der Waals surface area contributed by atoms with Crippen molar-refractivity contribution in [3.05, 3.63) is 12.2 Å². The molecule has 0 nitrogen and oxygen atoms in total. The number of hydrogen-bond acceptors (Lipinski definition) is 0. The first-order chi connectivity index (χ1) is 9.41. The normalized spacial score (nSPS) is 11.5. The average Bonchev–Trinajstić information content (AvgIpc) is 2.43. The van der Waals surface area contributed by atoms with Crippen molar-refractivity contribution in [3.63, 3.8) is 0 Å². The zero-order valence-corrected chi connectivity index (χ0v) is 13.8. The first kappa shape index (κ1) is 18.7. The van der Waals surface area contributed by atoms with Crippen molar-refractivity contribution in [2.75, 3.05) is 0 Å². The zero-order valence-electron chi connectivity index (χ0n) is 13.8. The van der Waals surface area contributed by atoms with E-state index in [0.29, 0.717) is 0 Å². The summed E-state index contributed by atoms with van der Waals surface area (Å²) >= 11 is 0. The molecule has 0 atom stereocenters. The van der Waals surface area contributed by atoms with Crippen molar-refractivity contribution in [1.82, 2.24) is 0 Å². The fraction of sp³-hybridized carbons (Fsp3) is 0.895. The van der Waals surface area contributed by atoms with E-state index in [9.17, 15) is 0 Å². The molecule has 0 saturated carbocycles. The lowest BCUT2D eigenvalue weighted by Crippen LogP contribution is -1.80. The lowest BCUT2D eigenvalue weighted by atomic mass is 10.1. The van der Waals surface area contributed by atoms with Crippen LogP contribution in [0.5, 0.6) is 0 Å². The van der Waals surface area contributed by atoms with Crippen molar-refractivity contribution >= 4 is 0 Å². The van der Waals surface area contributed by atoms with E-state index < -0.39 is 0 Å². The maximum absolute atomic E-state index is 2.41. The molecule has 0 fully saturated rings. The Labute approximate surface area is 123 Å². The quantitative estimate of drug-likeness (QED) is 0.213. The van der Waals surface area contributed by atoms with Crippen LogP contribution in [-0.4, -0.2) is 0 Å². The molecule has 0 saturated heterocycles. The van der Waals surface area contributed by atoms with Crippen molar-refractivity contribution in [1.29, 1.82) is 0 Å². The van der Waals surface area contributed by atoms with Gasteiger partial charge in [-0.3, -0.25) is 0 Å². The second kappa shape index (κ2) is 17.7. The van der Waals surface area contributed by atoms with E-state index in [-0.39, 0.29) is 0 Å². The van der Waals surface area contributed by atoms with Crippen LogP contribution in [0.2, 0.25) is 0 Å². The molecule has 0 spiro atoms. The van der Waals surface area contributed by atoms with E-state index >= 15 is 0 Å². The molecule has 0 heteroatoms. The van der Waals surface area contributed by atoms with Crippen LogP contribution in [0, 0.1) is 0 Å². The molecule has 19 heavy (non-hydrogen) atoms. The van der Waals surface area contributed by atoms with Gasteiger partial charge >= 0.3 is 0 Å². The van der Waals surface area contributed by atoms with Gasteiger partial charge in [-0.15, -0.1) is 0 Å². The maximum atomic E-state index is 2.41. The SMILES string of the molecule is CCCCCCC/C=C\CCCCCCCCCC. The van der Waals surface area contributed by atoms with Crippen LogP contribution in [0.4, 0.5) is 0 Å². The van der Waals surface area contributed by atoms with Crippen molar-refractivity contribution in [2.45, 2.75) is 110 Å². The van der Waals surface area contributed by atoms with Gasteiger partial charge in [0.05, 0.1) is 0 Å². The molecular formula is C19H38. The fourth-order valence-corrected chi connectivity index (χ4v) is 2.50. The first-order valence-electron chi connectivity index (χ1n) is 9.06. The first-order valence-corrected chi connectivity index (χ1v) is 9.06. The highest BCUT2D eigenvalue weighted by Crippen LogP contribution is 2.10. The van der Waals surface area contributed by atoms with Crippen LogP contribution in [0.25, 0.3) is 0 Å². The molecule has 0 radical (unpaired) electrons. The van der Waals surface area contributed by atoms with Gasteiger partial charge in [-0.25, -0.2) is 0 Å². The molecular weight excluding hydrogens is 228 g/mol. The van der Waals surface area contributed by atoms with E-state index in [1.54, 1.807) is 0 Å². The Balaban J connectivity index is 3.00. The Morgan fingerprint density at radius 2 is 0.737 bits per heavy atom. The van der Waals surface area contributed by atoms with E-state index in [1.807, 2.05) is 0 Å². The second-order valence-corrected chi connectivity index (χ2v) is 5.94. The van der Waals surface area contributed by atoms with Crippen LogP contribution in [0.3, 0.4) is 0 Å². The minimum absolute atomic E-state index is 1.31. The van der Waals surface area contributed by atoms with Gasteiger partial charge in [0.15, 0.2) is 0 Å². The summed E-state index contributed by atoms with van der Waals surface area (Å²) < 4.78 is 0. The standard InChI is InChI=1S/C19H38/c1-3-5-7-9-11-13-15-17-19-18-16-14-12-10-8-6-4-2/h15,17H,3-14,16,18-19H2,1-2H3/b17-15-. The minimum atomic E-state index is 1.31. The number of rotatable bonds is 15. The molecule has 0 aromatic carbocycles. The maximum Gasteiger partial charge on any atom is -0.0351 e. The highest BCUT2D eigenvalue weighted by Gasteiger charge is 1.90. The summed E-state index contributed by atoms with van der Waals surface area (Å²) in [6.07, 6.45) is 25.9. The lowest BCUT2D eigenvalue weighted by Gasteiger charge is -2.00. The molecule has 0 aromatic heterocycles. The van der Waals surface area contributed by atoms with Gasteiger partial charge in [0.1, 0.15) is 0 Å². The van der Waals surface area contributed by atoms with Crippen LogP contribution < -0.4 is 0 Å². The van der Waals surface area contributed by atoms with Crippen LogP contribution in [0.1, 0.15) is 110 Å². The minimum Gasteiger partial charge on any atom is -0.0885 e. The van der Waals surface area contributed by atoms with Gasteiger partial charge in [-0.1, -0.05) is 96.6 Å². The third-order valence-corrected chi connectivity index (χ3v) is 3.87. The summed E-state index contributed by atoms with van der Waals surface area (Å²) in [6.45, 7) is 4.57. The Morgan fingerprint density at radius 3 is 1.11 bits per heavy atom. The lowest BCUT2D eigenvalue weighted by molar-refractivity contribution is 0.577. The van der Waals surface area contributed by atoms with Gasteiger partial charge in [0.25, 0.3) is 0 Å². The highest BCUT2D eigenvalue weighted by molar-refractivity contribution is 4.81. The molecule has 0 aliphatic rings. The van der Waals surface area contributed by atoms with Crippen LogP contribution in [0.15, 0.2) is 12.2 Å². The van der Waals surface area contributed by atoms with Gasteiger partial charge in [-0.2, -0.15) is 0 Å². The van der Waals surface area contributed by atoms with Gasteiger partial charge in [0.2, 0.25) is 0 Å². The number of hydrogen-bond donors (Lipinski definition) is 0. The Hall–Kier alpha value is -0.260. The monoisotopic (exact) mass is 266 g/mol. The van der Waals surface area contributed by atoms with Gasteiger partial charge in [-0.05, 0) is 25.7 Å². The van der Waals surface area contributed by atoms with Crippen molar-refractivity contribution < 1.29 is 0 Å². The van der Waals surface area contributed by atoms with E-state index in [0.717, 1.165) is 0 Å². The Bertz CT molecular complexity index is 169. The number of unbranched alkanes of at least 4 members (excludes halogenated alkanes) is 13. The Morgan fingerprint density at radius 1 is 0.421 bits per heavy atom. The van der Waals surface area contributed by atoms with Gasteiger partial charge < -0.3 is 0 Å². The zero-order chi connectivity index (χ0) is 14.0. The molecule has 0 rings (SSSR count). The molecule has 0 amide bonds. The molecule has 0 heterocycles. The summed E-state index contributed by atoms with van der Waals surface area (Å²) in [4.78, 5) is 0. The molecule has 0 aromatic rings. The summed E-state index contributed by atoms with van der Waals surface area (Å²) in [5.74, 6) is 0. The van der Waals surface area contributed by atoms with Crippen molar-refractivity contribution in [2.24, 2.45) is 0 Å². The Kier molecular flexibility index (Phi) is 17.5. The fourth-order valence-electron chi connectivity index (χ4n) is 2.50. The number of allylic oxidation sites excluding steroid dienone is 2. The smallest absolute Gasteiger partial charge is 0.0351 e. The topological polar surface area (TPSA) is 0 Å². The predicted molar refractivity (Wildman–Crippen MR) is 89.7 cm³/mol. The summed E-state index contributed by atoms with van der Waals surface area (Å²) in [5, 5.41) is 0. The van der Waals surface area contributed by atoms with Gasteiger partial charge in [0, 0.05) is 0 Å². The molecule has 0 N–H and O–H groups in total. The molecule has 0 bridgehead atoms. The van der Waals surface area contributed by atoms with Crippen LogP contribution in [-0.2, 0) is 0 Å². The van der Waals surface area contributed by atoms with Crippen LogP contribution >= 0.6 is 0 Å². The second-order valence-electron chi connectivity index (χ2n) is 5.94. The summed E-state index contributed by atoms with van der Waals surface area (Å²) in [5.41, 5.74) is 0. The predicted octanol–water partition coefficient (Wildman–Crippen LogP) is 7.43.